The number of hydrogen-bond donors (Lipinski definition) is 2. The molecule has 7 heteroatoms. The molecule has 1 aromatic heterocycles. The van der Waals surface area contributed by atoms with Gasteiger partial charge in [-0.15, -0.1) is 0 Å². The number of H-pyrrole nitrogens is 1. The molecular weight excluding hydrogens is 390 g/mol. The minimum atomic E-state index is -0.255. The minimum Gasteiger partial charge on any atom is -0.489 e. The van der Waals surface area contributed by atoms with Crippen molar-refractivity contribution in [1.82, 2.24) is 15.3 Å². The molecule has 2 aromatic carbocycles. The standard InChI is InChI=1S/C22H22ClN3O3/c1-2-17(21-24-13-18(25-21)14-7-4-3-5-8-14)26-22(27)15-11-16(23)20-19(12-15)28-9-6-10-29-20/h3-5,7-8,11-13,17H,2,6,9-10H2,1H3,(H,24,25)(H,26,27). The Kier molecular flexibility index (Phi) is 5.71. The van der Waals surface area contributed by atoms with Gasteiger partial charge in [0.2, 0.25) is 0 Å². The van der Waals surface area contributed by atoms with E-state index in [9.17, 15) is 4.79 Å². The van der Waals surface area contributed by atoms with Gasteiger partial charge in [0, 0.05) is 12.0 Å². The zero-order chi connectivity index (χ0) is 20.2. The second-order valence-corrected chi connectivity index (χ2v) is 7.23. The number of nitrogens with one attached hydrogen (secondary N) is 2. The van der Waals surface area contributed by atoms with Crippen molar-refractivity contribution in [2.24, 2.45) is 0 Å². The highest BCUT2D eigenvalue weighted by molar-refractivity contribution is 6.32. The van der Waals surface area contributed by atoms with E-state index in [1.54, 1.807) is 18.3 Å². The number of ether oxygens (including phenoxy) is 2. The molecule has 1 atom stereocenters. The Labute approximate surface area is 174 Å². The summed E-state index contributed by atoms with van der Waals surface area (Å²) in [6, 6.07) is 13.0. The number of imidazole rings is 1. The molecule has 2 N–H and O–H groups in total. The van der Waals surface area contributed by atoms with Gasteiger partial charge in [-0.2, -0.15) is 0 Å². The number of rotatable bonds is 5. The Morgan fingerprint density at radius 1 is 1.24 bits per heavy atom. The molecule has 0 bridgehead atoms. The van der Waals surface area contributed by atoms with Gasteiger partial charge in [-0.3, -0.25) is 4.79 Å². The lowest BCUT2D eigenvalue weighted by molar-refractivity contribution is 0.0933. The second kappa shape index (κ2) is 8.57. The van der Waals surface area contributed by atoms with Crippen LogP contribution in [0, 0.1) is 0 Å². The van der Waals surface area contributed by atoms with E-state index in [-0.39, 0.29) is 11.9 Å². The molecule has 0 fully saturated rings. The van der Waals surface area contributed by atoms with E-state index in [4.69, 9.17) is 21.1 Å². The van der Waals surface area contributed by atoms with Gasteiger partial charge in [0.15, 0.2) is 11.5 Å². The van der Waals surface area contributed by atoms with E-state index >= 15 is 0 Å². The third kappa shape index (κ3) is 4.22. The third-order valence-electron chi connectivity index (χ3n) is 4.79. The lowest BCUT2D eigenvalue weighted by Crippen LogP contribution is -2.29. The molecule has 0 saturated carbocycles. The highest BCUT2D eigenvalue weighted by atomic mass is 35.5. The van der Waals surface area contributed by atoms with E-state index in [1.807, 2.05) is 37.3 Å². The van der Waals surface area contributed by atoms with Gasteiger partial charge in [-0.05, 0) is 24.1 Å². The van der Waals surface area contributed by atoms with Crippen LogP contribution in [0.15, 0.2) is 48.7 Å². The zero-order valence-electron chi connectivity index (χ0n) is 16.1. The van der Waals surface area contributed by atoms with Crippen LogP contribution in [-0.4, -0.2) is 29.1 Å². The highest BCUT2D eigenvalue weighted by Crippen LogP contribution is 2.38. The zero-order valence-corrected chi connectivity index (χ0v) is 16.8. The Balaban J connectivity index is 1.53. The fourth-order valence-corrected chi connectivity index (χ4v) is 3.51. The van der Waals surface area contributed by atoms with Gasteiger partial charge in [0.05, 0.1) is 36.2 Å². The van der Waals surface area contributed by atoms with Crippen LogP contribution in [0.3, 0.4) is 0 Å². The maximum absolute atomic E-state index is 12.9. The summed E-state index contributed by atoms with van der Waals surface area (Å²) in [4.78, 5) is 20.7. The highest BCUT2D eigenvalue weighted by Gasteiger charge is 2.21. The van der Waals surface area contributed by atoms with Crippen molar-refractivity contribution >= 4 is 17.5 Å². The molecule has 0 saturated heterocycles. The smallest absolute Gasteiger partial charge is 0.252 e. The van der Waals surface area contributed by atoms with E-state index in [0.29, 0.717) is 47.5 Å². The van der Waals surface area contributed by atoms with Crippen LogP contribution in [-0.2, 0) is 0 Å². The molecule has 6 nitrogen and oxygen atoms in total. The number of aromatic amines is 1. The summed E-state index contributed by atoms with van der Waals surface area (Å²) in [7, 11) is 0. The molecule has 0 spiro atoms. The Bertz CT molecular complexity index is 1000. The van der Waals surface area contributed by atoms with Crippen LogP contribution in [0.25, 0.3) is 11.3 Å². The molecule has 1 aliphatic rings. The third-order valence-corrected chi connectivity index (χ3v) is 5.07. The molecule has 1 unspecified atom stereocenters. The molecule has 1 aliphatic heterocycles. The first kappa shape index (κ1) is 19.3. The summed E-state index contributed by atoms with van der Waals surface area (Å²) < 4.78 is 11.3. The Morgan fingerprint density at radius 2 is 2.03 bits per heavy atom. The van der Waals surface area contributed by atoms with E-state index in [2.05, 4.69) is 15.3 Å². The Morgan fingerprint density at radius 3 is 2.83 bits per heavy atom. The van der Waals surface area contributed by atoms with Crippen molar-refractivity contribution in [3.63, 3.8) is 0 Å². The number of nitrogens with zero attached hydrogens (tertiary/aromatic N) is 1. The molecule has 3 aromatic rings. The lowest BCUT2D eigenvalue weighted by Gasteiger charge is -2.16. The van der Waals surface area contributed by atoms with Crippen LogP contribution in [0.2, 0.25) is 5.02 Å². The van der Waals surface area contributed by atoms with Crippen LogP contribution >= 0.6 is 11.6 Å². The summed E-state index contributed by atoms with van der Waals surface area (Å²) >= 11 is 6.32. The van der Waals surface area contributed by atoms with E-state index in [0.717, 1.165) is 17.7 Å². The van der Waals surface area contributed by atoms with Crippen molar-refractivity contribution < 1.29 is 14.3 Å². The van der Waals surface area contributed by atoms with E-state index in [1.165, 1.54) is 0 Å². The summed E-state index contributed by atoms with van der Waals surface area (Å²) in [6.07, 6.45) is 3.24. The molecule has 4 rings (SSSR count). The molecule has 0 aliphatic carbocycles. The predicted octanol–water partition coefficient (Wildman–Crippen LogP) is 4.77. The maximum Gasteiger partial charge on any atom is 0.252 e. The summed E-state index contributed by atoms with van der Waals surface area (Å²) in [5.74, 6) is 1.45. The molecule has 1 amide bonds. The fraction of sp³-hybridized carbons (Fsp3) is 0.273. The summed E-state index contributed by atoms with van der Waals surface area (Å²) in [5.41, 5.74) is 2.38. The molecular formula is C22H22ClN3O3. The van der Waals surface area contributed by atoms with Crippen molar-refractivity contribution in [3.8, 4) is 22.8 Å². The number of fused-ring (bicyclic) bond motifs is 1. The average Bonchev–Trinajstić information content (AvgIpc) is 3.11. The van der Waals surface area contributed by atoms with Crippen molar-refractivity contribution in [1.29, 1.82) is 0 Å². The first-order valence-electron chi connectivity index (χ1n) is 9.66. The first-order chi connectivity index (χ1) is 14.2. The molecule has 0 radical (unpaired) electrons. The lowest BCUT2D eigenvalue weighted by atomic mass is 10.1. The topological polar surface area (TPSA) is 76.2 Å². The fourth-order valence-electron chi connectivity index (χ4n) is 3.25. The second-order valence-electron chi connectivity index (χ2n) is 6.82. The summed E-state index contributed by atoms with van der Waals surface area (Å²) in [6.45, 7) is 3.07. The van der Waals surface area contributed by atoms with E-state index < -0.39 is 0 Å². The normalized spacial score (nSPS) is 14.1. The van der Waals surface area contributed by atoms with Crippen molar-refractivity contribution in [2.45, 2.75) is 25.8 Å². The summed E-state index contributed by atoms with van der Waals surface area (Å²) in [5, 5.41) is 3.39. The number of carbonyl (C=O) groups is 1. The average molecular weight is 412 g/mol. The minimum absolute atomic E-state index is 0.243. The number of hydrogen-bond acceptors (Lipinski definition) is 4. The predicted molar refractivity (Wildman–Crippen MR) is 112 cm³/mol. The Hall–Kier alpha value is -2.99. The number of benzene rings is 2. The van der Waals surface area contributed by atoms with Crippen molar-refractivity contribution in [3.05, 3.63) is 65.1 Å². The SMILES string of the molecule is CCC(NC(=O)c1cc(Cl)c2c(c1)OCCCO2)c1ncc(-c2ccccc2)[nH]1. The van der Waals surface area contributed by atoms with Gasteiger partial charge < -0.3 is 19.8 Å². The number of carbonyl (C=O) groups excluding carboxylic acids is 1. The van der Waals surface area contributed by atoms with Gasteiger partial charge in [-0.1, -0.05) is 48.9 Å². The van der Waals surface area contributed by atoms with Crippen LogP contribution < -0.4 is 14.8 Å². The van der Waals surface area contributed by atoms with Crippen LogP contribution in [0.4, 0.5) is 0 Å². The van der Waals surface area contributed by atoms with Gasteiger partial charge >= 0.3 is 0 Å². The van der Waals surface area contributed by atoms with Crippen molar-refractivity contribution in [2.75, 3.05) is 13.2 Å². The molecule has 29 heavy (non-hydrogen) atoms. The number of amides is 1. The van der Waals surface area contributed by atoms with Gasteiger partial charge in [-0.25, -0.2) is 4.98 Å². The monoisotopic (exact) mass is 411 g/mol. The number of halogens is 1. The quantitative estimate of drug-likeness (QED) is 0.633. The van der Waals surface area contributed by atoms with Gasteiger partial charge in [0.25, 0.3) is 5.91 Å². The number of aromatic nitrogens is 2. The van der Waals surface area contributed by atoms with Gasteiger partial charge in [0.1, 0.15) is 5.82 Å². The van der Waals surface area contributed by atoms with Crippen LogP contribution in [0.1, 0.15) is 42.0 Å². The molecule has 2 heterocycles. The first-order valence-corrected chi connectivity index (χ1v) is 10.0. The van der Waals surface area contributed by atoms with Crippen LogP contribution in [0.5, 0.6) is 11.5 Å². The largest absolute Gasteiger partial charge is 0.489 e. The maximum atomic E-state index is 12.9. The molecule has 150 valence electrons.